The SMILES string of the molecule is O=C1C=C2CN(c3ccc(N4C[C@H](Cn5ccnn5)OC4=O)cc3F)CC2C1. The van der Waals surface area contributed by atoms with E-state index in [9.17, 15) is 14.0 Å². The number of hydrogen-bond donors (Lipinski definition) is 0. The van der Waals surface area contributed by atoms with E-state index < -0.39 is 11.9 Å². The van der Waals surface area contributed by atoms with E-state index in [-0.39, 0.29) is 17.8 Å². The van der Waals surface area contributed by atoms with Crippen LogP contribution in [0.5, 0.6) is 0 Å². The number of rotatable bonds is 4. The highest BCUT2D eigenvalue weighted by molar-refractivity contribution is 5.94. The number of carbonyl (C=O) groups excluding carboxylic acids is 2. The van der Waals surface area contributed by atoms with E-state index in [2.05, 4.69) is 10.3 Å². The lowest BCUT2D eigenvalue weighted by atomic mass is 10.1. The third-order valence-electron chi connectivity index (χ3n) is 5.45. The lowest BCUT2D eigenvalue weighted by Crippen LogP contribution is -2.26. The first-order chi connectivity index (χ1) is 13.6. The van der Waals surface area contributed by atoms with Crippen molar-refractivity contribution in [3.05, 3.63) is 48.1 Å². The van der Waals surface area contributed by atoms with Crippen LogP contribution in [0.4, 0.5) is 20.6 Å². The Kier molecular flexibility index (Phi) is 3.88. The molecule has 2 aliphatic heterocycles. The Balaban J connectivity index is 1.31. The summed E-state index contributed by atoms with van der Waals surface area (Å²) in [6.45, 7) is 1.92. The highest BCUT2D eigenvalue weighted by Gasteiger charge is 2.36. The highest BCUT2D eigenvalue weighted by Crippen LogP contribution is 2.36. The summed E-state index contributed by atoms with van der Waals surface area (Å²) >= 11 is 0. The molecular formula is C19H18FN5O3. The van der Waals surface area contributed by atoms with Gasteiger partial charge < -0.3 is 9.64 Å². The van der Waals surface area contributed by atoms with Crippen LogP contribution in [0.2, 0.25) is 0 Å². The number of cyclic esters (lactones) is 1. The van der Waals surface area contributed by atoms with E-state index in [1.54, 1.807) is 35.3 Å². The first-order valence-corrected chi connectivity index (χ1v) is 9.17. The van der Waals surface area contributed by atoms with Gasteiger partial charge in [-0.25, -0.2) is 13.9 Å². The van der Waals surface area contributed by atoms with Gasteiger partial charge in [0, 0.05) is 31.6 Å². The fourth-order valence-electron chi connectivity index (χ4n) is 4.13. The standard InChI is InChI=1S/C19H18FN5O3/c20-17-7-14(25-11-16(28-19(25)27)10-24-4-3-21-22-24)1-2-18(17)23-8-12-5-15(26)6-13(12)9-23/h1-5,7,13,16H,6,8-11H2/t13?,16-/m0/s1. The van der Waals surface area contributed by atoms with Crippen LogP contribution in [0.1, 0.15) is 6.42 Å². The largest absolute Gasteiger partial charge is 0.442 e. The van der Waals surface area contributed by atoms with Crippen molar-refractivity contribution in [2.24, 2.45) is 5.92 Å². The van der Waals surface area contributed by atoms with Crippen LogP contribution in [-0.4, -0.2) is 52.6 Å². The van der Waals surface area contributed by atoms with Gasteiger partial charge in [-0.15, -0.1) is 5.10 Å². The van der Waals surface area contributed by atoms with Gasteiger partial charge in [0.05, 0.1) is 30.7 Å². The molecule has 1 aromatic carbocycles. The predicted octanol–water partition coefficient (Wildman–Crippen LogP) is 1.78. The lowest BCUT2D eigenvalue weighted by Gasteiger charge is -2.21. The number of nitrogens with zero attached hydrogens (tertiary/aromatic N) is 5. The maximum absolute atomic E-state index is 14.8. The number of amides is 1. The summed E-state index contributed by atoms with van der Waals surface area (Å²) in [4.78, 5) is 27.1. The average molecular weight is 383 g/mol. The second kappa shape index (κ2) is 6.43. The predicted molar refractivity (Wildman–Crippen MR) is 97.4 cm³/mol. The van der Waals surface area contributed by atoms with Gasteiger partial charge in [0.25, 0.3) is 0 Å². The lowest BCUT2D eigenvalue weighted by molar-refractivity contribution is -0.114. The van der Waals surface area contributed by atoms with Crippen molar-refractivity contribution >= 4 is 23.3 Å². The van der Waals surface area contributed by atoms with Crippen molar-refractivity contribution in [1.29, 1.82) is 0 Å². The van der Waals surface area contributed by atoms with Gasteiger partial charge in [-0.1, -0.05) is 5.21 Å². The molecule has 0 radical (unpaired) electrons. The van der Waals surface area contributed by atoms with Crippen molar-refractivity contribution < 1.29 is 18.7 Å². The van der Waals surface area contributed by atoms with Crippen molar-refractivity contribution in [3.63, 3.8) is 0 Å². The molecule has 0 spiro atoms. The van der Waals surface area contributed by atoms with Gasteiger partial charge in [-0.05, 0) is 29.8 Å². The quantitative estimate of drug-likeness (QED) is 0.801. The van der Waals surface area contributed by atoms with E-state index in [0.717, 1.165) is 5.57 Å². The zero-order chi connectivity index (χ0) is 19.3. The molecule has 3 heterocycles. The summed E-state index contributed by atoms with van der Waals surface area (Å²) in [5, 5.41) is 7.59. The number of hydrogen-bond acceptors (Lipinski definition) is 6. The van der Waals surface area contributed by atoms with Crippen molar-refractivity contribution in [2.45, 2.75) is 19.1 Å². The molecular weight excluding hydrogens is 365 g/mol. The maximum atomic E-state index is 14.8. The Morgan fingerprint density at radius 3 is 2.89 bits per heavy atom. The molecule has 2 atom stereocenters. The van der Waals surface area contributed by atoms with Gasteiger partial charge in [-0.3, -0.25) is 9.69 Å². The Morgan fingerprint density at radius 1 is 1.25 bits per heavy atom. The molecule has 3 aliphatic rings. The molecule has 0 bridgehead atoms. The minimum atomic E-state index is -0.503. The van der Waals surface area contributed by atoms with Gasteiger partial charge in [0.15, 0.2) is 5.78 Å². The van der Waals surface area contributed by atoms with E-state index in [4.69, 9.17) is 4.74 Å². The van der Waals surface area contributed by atoms with Crippen molar-refractivity contribution in [1.82, 2.24) is 15.0 Å². The molecule has 1 aliphatic carbocycles. The molecule has 1 aromatic heterocycles. The van der Waals surface area contributed by atoms with Gasteiger partial charge >= 0.3 is 6.09 Å². The number of fused-ring (bicyclic) bond motifs is 1. The van der Waals surface area contributed by atoms with Crippen LogP contribution < -0.4 is 9.80 Å². The number of ketones is 1. The summed E-state index contributed by atoms with van der Waals surface area (Å²) in [6.07, 6.45) is 4.57. The molecule has 1 unspecified atom stereocenters. The summed E-state index contributed by atoms with van der Waals surface area (Å²) < 4.78 is 21.8. The minimum Gasteiger partial charge on any atom is -0.442 e. The van der Waals surface area contributed by atoms with Gasteiger partial charge in [0.1, 0.15) is 11.9 Å². The molecule has 1 amide bonds. The molecule has 9 heteroatoms. The van der Waals surface area contributed by atoms with Gasteiger partial charge in [0.2, 0.25) is 0 Å². The van der Waals surface area contributed by atoms with Gasteiger partial charge in [-0.2, -0.15) is 0 Å². The maximum Gasteiger partial charge on any atom is 0.414 e. The van der Waals surface area contributed by atoms with Crippen LogP contribution in [-0.2, 0) is 16.1 Å². The topological polar surface area (TPSA) is 80.6 Å². The van der Waals surface area contributed by atoms with Crippen LogP contribution in [0.15, 0.2) is 42.2 Å². The van der Waals surface area contributed by atoms with Crippen molar-refractivity contribution in [2.75, 3.05) is 29.4 Å². The average Bonchev–Trinajstić information content (AvgIpc) is 3.40. The Labute approximate surface area is 160 Å². The number of anilines is 2. The zero-order valence-electron chi connectivity index (χ0n) is 15.0. The second-order valence-electron chi connectivity index (χ2n) is 7.34. The molecule has 28 heavy (non-hydrogen) atoms. The Bertz CT molecular complexity index is 974. The normalized spacial score (nSPS) is 24.0. The number of allylic oxidation sites excluding steroid dienone is 1. The summed E-state index contributed by atoms with van der Waals surface area (Å²) in [6, 6.07) is 4.78. The number of aromatic nitrogens is 3. The first kappa shape index (κ1) is 16.9. The zero-order valence-corrected chi connectivity index (χ0v) is 15.0. The number of halogens is 1. The van der Waals surface area contributed by atoms with E-state index in [1.807, 2.05) is 4.90 Å². The first-order valence-electron chi connectivity index (χ1n) is 9.17. The molecule has 144 valence electrons. The van der Waals surface area contributed by atoms with Crippen molar-refractivity contribution in [3.8, 4) is 0 Å². The van der Waals surface area contributed by atoms with Crippen LogP contribution >= 0.6 is 0 Å². The monoisotopic (exact) mass is 383 g/mol. The third-order valence-corrected chi connectivity index (χ3v) is 5.45. The molecule has 0 N–H and O–H groups in total. The second-order valence-corrected chi connectivity index (χ2v) is 7.34. The summed E-state index contributed by atoms with van der Waals surface area (Å²) in [5.41, 5.74) is 2.02. The van der Waals surface area contributed by atoms with E-state index >= 15 is 0 Å². The van der Waals surface area contributed by atoms with E-state index in [1.165, 1.54) is 11.0 Å². The van der Waals surface area contributed by atoms with E-state index in [0.29, 0.717) is 44.0 Å². The minimum absolute atomic E-state index is 0.156. The fraction of sp³-hybridized carbons (Fsp3) is 0.368. The molecule has 8 nitrogen and oxygen atoms in total. The third kappa shape index (κ3) is 2.92. The van der Waals surface area contributed by atoms with Crippen LogP contribution in [0.25, 0.3) is 0 Å². The summed E-state index contributed by atoms with van der Waals surface area (Å²) in [7, 11) is 0. The Morgan fingerprint density at radius 2 is 2.14 bits per heavy atom. The number of benzene rings is 1. The van der Waals surface area contributed by atoms with Crippen LogP contribution in [0.3, 0.4) is 0 Å². The highest BCUT2D eigenvalue weighted by atomic mass is 19.1. The number of carbonyl (C=O) groups is 2. The fourth-order valence-corrected chi connectivity index (χ4v) is 4.13. The molecule has 2 aromatic rings. The smallest absolute Gasteiger partial charge is 0.414 e. The molecule has 2 fully saturated rings. The Hall–Kier alpha value is -3.23. The van der Waals surface area contributed by atoms with Crippen LogP contribution in [0, 0.1) is 11.7 Å². The molecule has 0 saturated carbocycles. The summed E-state index contributed by atoms with van der Waals surface area (Å²) in [5.74, 6) is -0.0435. The molecule has 2 saturated heterocycles. The number of ether oxygens (including phenoxy) is 1. The molecule has 5 rings (SSSR count).